The number of hydrogen-bond donors (Lipinski definition) is 1. The minimum absolute atomic E-state index is 0.0791. The molecule has 1 aromatic carbocycles. The van der Waals surface area contributed by atoms with Crippen LogP contribution in [0.5, 0.6) is 5.75 Å². The molecule has 1 aromatic heterocycles. The second-order valence-electron chi connectivity index (χ2n) is 9.68. The zero-order chi connectivity index (χ0) is 23.5. The zero-order valence-electron chi connectivity index (χ0n) is 20.1. The quantitative estimate of drug-likeness (QED) is 0.426. The second-order valence-corrected chi connectivity index (χ2v) is 9.68. The molecule has 1 atom stereocenters. The first-order valence-electron chi connectivity index (χ1n) is 12.7. The molecule has 0 saturated carbocycles. The summed E-state index contributed by atoms with van der Waals surface area (Å²) in [4.78, 5) is 32.5. The first kappa shape index (κ1) is 23.1. The number of fused-ring (bicyclic) bond motifs is 1. The molecule has 0 radical (unpaired) electrons. The number of methoxy groups -OCH3 is 1. The van der Waals surface area contributed by atoms with Crippen LogP contribution in [0.25, 0.3) is 10.9 Å². The molecule has 0 spiro atoms. The van der Waals surface area contributed by atoms with Crippen LogP contribution in [-0.4, -0.2) is 72.6 Å². The molecule has 34 heavy (non-hydrogen) atoms. The van der Waals surface area contributed by atoms with Crippen LogP contribution >= 0.6 is 0 Å². The van der Waals surface area contributed by atoms with Gasteiger partial charge in [0, 0.05) is 54.5 Å². The number of nitrogens with zero attached hydrogens (tertiary/aromatic N) is 2. The predicted octanol–water partition coefficient (Wildman–Crippen LogP) is 3.83. The van der Waals surface area contributed by atoms with E-state index in [0.717, 1.165) is 74.2 Å². The number of benzene rings is 1. The van der Waals surface area contributed by atoms with Gasteiger partial charge in [-0.05, 0) is 81.7 Å². The van der Waals surface area contributed by atoms with E-state index in [1.54, 1.807) is 7.11 Å². The number of carbonyl (C=O) groups is 2. The lowest BCUT2D eigenvalue weighted by Gasteiger charge is -2.23. The van der Waals surface area contributed by atoms with Crippen molar-refractivity contribution in [1.82, 2.24) is 14.8 Å². The monoisotopic (exact) mass is 465 g/mol. The summed E-state index contributed by atoms with van der Waals surface area (Å²) in [6.07, 6.45) is 9.74. The number of amides is 2. The van der Waals surface area contributed by atoms with Crippen molar-refractivity contribution in [1.29, 1.82) is 0 Å². The van der Waals surface area contributed by atoms with Gasteiger partial charge in [-0.25, -0.2) is 0 Å². The SMILES string of the molecule is COCCN1CCCC1Cc1c[nH]c2ccc(OCCCN3C(=O)C4=C(CCCC4)C3=O)cc12. The number of aromatic nitrogens is 1. The minimum atomic E-state index is -0.0791. The van der Waals surface area contributed by atoms with Crippen LogP contribution in [0.1, 0.15) is 50.5 Å². The minimum Gasteiger partial charge on any atom is -0.494 e. The van der Waals surface area contributed by atoms with Gasteiger partial charge in [-0.1, -0.05) is 0 Å². The summed E-state index contributed by atoms with van der Waals surface area (Å²) >= 11 is 0. The van der Waals surface area contributed by atoms with Gasteiger partial charge in [0.2, 0.25) is 0 Å². The van der Waals surface area contributed by atoms with E-state index >= 15 is 0 Å². The molecule has 5 rings (SSSR count). The van der Waals surface area contributed by atoms with Gasteiger partial charge in [0.1, 0.15) is 5.75 Å². The summed E-state index contributed by atoms with van der Waals surface area (Å²) < 4.78 is 11.3. The standard InChI is InChI=1S/C27H35N3O4/c1-33-15-13-29-11-4-6-20(29)16-19-18-28-25-10-9-21(17-24(19)25)34-14-5-12-30-26(31)22-7-2-3-8-23(22)27(30)32/h9-10,17-18,20,28H,2-8,11-16H2,1H3. The molecule has 3 heterocycles. The molecule has 1 unspecified atom stereocenters. The molecule has 1 fully saturated rings. The maximum absolute atomic E-state index is 12.6. The number of nitrogens with one attached hydrogen (secondary N) is 1. The number of rotatable bonds is 10. The van der Waals surface area contributed by atoms with Crippen molar-refractivity contribution in [2.45, 2.75) is 57.4 Å². The largest absolute Gasteiger partial charge is 0.494 e. The van der Waals surface area contributed by atoms with Gasteiger partial charge < -0.3 is 14.5 Å². The molecule has 0 bridgehead atoms. The van der Waals surface area contributed by atoms with Crippen LogP contribution in [0.15, 0.2) is 35.5 Å². The highest BCUT2D eigenvalue weighted by molar-refractivity contribution is 6.19. The highest BCUT2D eigenvalue weighted by Crippen LogP contribution is 2.33. The van der Waals surface area contributed by atoms with Crippen LogP contribution in [0.4, 0.5) is 0 Å². The van der Waals surface area contributed by atoms with E-state index in [4.69, 9.17) is 9.47 Å². The predicted molar refractivity (Wildman–Crippen MR) is 131 cm³/mol. The molecule has 2 aromatic rings. The number of H-pyrrole nitrogens is 1. The molecular weight excluding hydrogens is 430 g/mol. The van der Waals surface area contributed by atoms with Crippen molar-refractivity contribution >= 4 is 22.7 Å². The van der Waals surface area contributed by atoms with E-state index in [1.807, 2.05) is 6.07 Å². The van der Waals surface area contributed by atoms with Crippen molar-refractivity contribution in [3.63, 3.8) is 0 Å². The summed E-state index contributed by atoms with van der Waals surface area (Å²) in [6.45, 7) is 3.79. The van der Waals surface area contributed by atoms with Gasteiger partial charge in [0.05, 0.1) is 13.2 Å². The number of carbonyl (C=O) groups excluding carboxylic acids is 2. The molecule has 1 aliphatic carbocycles. The summed E-state index contributed by atoms with van der Waals surface area (Å²) in [7, 11) is 1.76. The molecule has 2 aliphatic heterocycles. The van der Waals surface area contributed by atoms with E-state index in [-0.39, 0.29) is 11.8 Å². The van der Waals surface area contributed by atoms with Gasteiger partial charge in [-0.3, -0.25) is 19.4 Å². The lowest BCUT2D eigenvalue weighted by Crippen LogP contribution is -2.33. The van der Waals surface area contributed by atoms with E-state index < -0.39 is 0 Å². The molecule has 1 saturated heterocycles. The third kappa shape index (κ3) is 4.64. The topological polar surface area (TPSA) is 74.9 Å². The number of imide groups is 1. The van der Waals surface area contributed by atoms with Crippen molar-refractivity contribution in [3.8, 4) is 5.75 Å². The number of hydrogen-bond acceptors (Lipinski definition) is 5. The highest BCUT2D eigenvalue weighted by atomic mass is 16.5. The fourth-order valence-corrected chi connectivity index (χ4v) is 5.71. The Balaban J connectivity index is 1.16. The van der Waals surface area contributed by atoms with Crippen LogP contribution in [0, 0.1) is 0 Å². The Kier molecular flexibility index (Phi) is 7.02. The Bertz CT molecular complexity index is 1060. The Morgan fingerprint density at radius 2 is 1.82 bits per heavy atom. The first-order chi connectivity index (χ1) is 16.7. The van der Waals surface area contributed by atoms with E-state index in [1.165, 1.54) is 28.7 Å². The molecule has 7 nitrogen and oxygen atoms in total. The van der Waals surface area contributed by atoms with Crippen molar-refractivity contribution < 1.29 is 19.1 Å². The maximum atomic E-state index is 12.6. The smallest absolute Gasteiger partial charge is 0.257 e. The fourth-order valence-electron chi connectivity index (χ4n) is 5.71. The zero-order valence-corrected chi connectivity index (χ0v) is 20.1. The Morgan fingerprint density at radius 1 is 1.03 bits per heavy atom. The van der Waals surface area contributed by atoms with E-state index in [0.29, 0.717) is 25.6 Å². The van der Waals surface area contributed by atoms with Crippen molar-refractivity contribution in [3.05, 3.63) is 41.1 Å². The van der Waals surface area contributed by atoms with Crippen molar-refractivity contribution in [2.24, 2.45) is 0 Å². The van der Waals surface area contributed by atoms with E-state index in [9.17, 15) is 9.59 Å². The summed E-state index contributed by atoms with van der Waals surface area (Å²) in [6, 6.07) is 6.71. The maximum Gasteiger partial charge on any atom is 0.257 e. The number of likely N-dealkylation sites (tertiary alicyclic amines) is 1. The third-order valence-corrected chi connectivity index (χ3v) is 7.55. The Hall–Kier alpha value is -2.64. The Labute approximate surface area is 201 Å². The average molecular weight is 466 g/mol. The summed E-state index contributed by atoms with van der Waals surface area (Å²) in [5, 5.41) is 1.21. The van der Waals surface area contributed by atoms with Gasteiger partial charge in [0.25, 0.3) is 11.8 Å². The molecule has 182 valence electrons. The first-order valence-corrected chi connectivity index (χ1v) is 12.7. The lowest BCUT2D eigenvalue weighted by atomic mass is 9.93. The summed E-state index contributed by atoms with van der Waals surface area (Å²) in [5.74, 6) is 0.668. The highest BCUT2D eigenvalue weighted by Gasteiger charge is 2.38. The van der Waals surface area contributed by atoms with Gasteiger partial charge >= 0.3 is 0 Å². The van der Waals surface area contributed by atoms with Crippen LogP contribution < -0.4 is 4.74 Å². The number of aromatic amines is 1. The molecule has 3 aliphatic rings. The fraction of sp³-hybridized carbons (Fsp3) is 0.556. The molecule has 7 heteroatoms. The van der Waals surface area contributed by atoms with Gasteiger partial charge in [0.15, 0.2) is 0 Å². The average Bonchev–Trinajstić information content (AvgIpc) is 3.54. The lowest BCUT2D eigenvalue weighted by molar-refractivity contribution is -0.137. The summed E-state index contributed by atoms with van der Waals surface area (Å²) in [5.41, 5.74) is 3.95. The molecule has 1 N–H and O–H groups in total. The van der Waals surface area contributed by atoms with Crippen LogP contribution in [0.3, 0.4) is 0 Å². The van der Waals surface area contributed by atoms with Gasteiger partial charge in [-0.2, -0.15) is 0 Å². The number of ether oxygens (including phenoxy) is 2. The van der Waals surface area contributed by atoms with Crippen LogP contribution in [-0.2, 0) is 20.7 Å². The van der Waals surface area contributed by atoms with Crippen molar-refractivity contribution in [2.75, 3.05) is 40.0 Å². The van der Waals surface area contributed by atoms with Crippen LogP contribution in [0.2, 0.25) is 0 Å². The third-order valence-electron chi connectivity index (χ3n) is 7.55. The van der Waals surface area contributed by atoms with E-state index in [2.05, 4.69) is 28.2 Å². The second kappa shape index (κ2) is 10.3. The Morgan fingerprint density at radius 3 is 2.59 bits per heavy atom. The molecular formula is C27H35N3O4. The molecule has 2 amide bonds. The van der Waals surface area contributed by atoms with Gasteiger partial charge in [-0.15, -0.1) is 0 Å². The normalized spacial score (nSPS) is 21.2.